The zero-order valence-corrected chi connectivity index (χ0v) is 18.5. The topological polar surface area (TPSA) is 91.5 Å². The van der Waals surface area contributed by atoms with Gasteiger partial charge in [0.2, 0.25) is 0 Å². The second-order valence-electron chi connectivity index (χ2n) is 8.53. The first-order chi connectivity index (χ1) is 16.7. The van der Waals surface area contributed by atoms with Crippen molar-refractivity contribution in [2.75, 3.05) is 13.2 Å². The molecule has 1 aliphatic carbocycles. The Morgan fingerprint density at radius 3 is 2.68 bits per heavy atom. The molecule has 0 spiro atoms. The third-order valence-electron chi connectivity index (χ3n) is 6.02. The summed E-state index contributed by atoms with van der Waals surface area (Å²) in [6, 6.07) is 14.0. The maximum atomic E-state index is 9.07. The van der Waals surface area contributed by atoms with Crippen LogP contribution in [-0.4, -0.2) is 38.1 Å². The second-order valence-corrected chi connectivity index (χ2v) is 8.53. The van der Waals surface area contributed by atoms with Gasteiger partial charge in [0.05, 0.1) is 31.2 Å². The molecule has 3 aromatic heterocycles. The van der Waals surface area contributed by atoms with Crippen LogP contribution >= 0.6 is 0 Å². The Labute approximate surface area is 196 Å². The number of fused-ring (bicyclic) bond motifs is 1. The highest BCUT2D eigenvalue weighted by Crippen LogP contribution is 2.41. The van der Waals surface area contributed by atoms with Crippen LogP contribution in [0.3, 0.4) is 0 Å². The van der Waals surface area contributed by atoms with Gasteiger partial charge in [0.25, 0.3) is 5.88 Å². The van der Waals surface area contributed by atoms with E-state index in [2.05, 4.69) is 39.3 Å². The number of hydrogen-bond donors (Lipinski definition) is 1. The molecule has 1 saturated carbocycles. The van der Waals surface area contributed by atoms with Crippen molar-refractivity contribution in [1.29, 1.82) is 0 Å². The van der Waals surface area contributed by atoms with Crippen molar-refractivity contribution in [2.24, 2.45) is 0 Å². The molecule has 4 heterocycles. The van der Waals surface area contributed by atoms with Crippen molar-refractivity contribution in [2.45, 2.75) is 31.4 Å². The van der Waals surface area contributed by atoms with E-state index in [-0.39, 0.29) is 12.7 Å². The average molecular weight is 457 g/mol. The fourth-order valence-electron chi connectivity index (χ4n) is 4.05. The van der Waals surface area contributed by atoms with Gasteiger partial charge < -0.3 is 19.3 Å². The minimum absolute atomic E-state index is 0.0300. The lowest BCUT2D eigenvalue weighted by Gasteiger charge is -2.26. The van der Waals surface area contributed by atoms with Crippen LogP contribution in [-0.2, 0) is 6.54 Å². The SMILES string of the molecule is OCCn1cc(-c2cc(Oc3cnc4c(c3)OCC(c3ccc(C5CC5)cc3)O4)ccn2)cn1. The van der Waals surface area contributed by atoms with Gasteiger partial charge in [0.15, 0.2) is 11.9 Å². The first kappa shape index (κ1) is 20.7. The van der Waals surface area contributed by atoms with E-state index in [1.54, 1.807) is 35.4 Å². The molecule has 1 aliphatic heterocycles. The van der Waals surface area contributed by atoms with E-state index in [9.17, 15) is 0 Å². The second kappa shape index (κ2) is 8.79. The zero-order valence-electron chi connectivity index (χ0n) is 18.5. The van der Waals surface area contributed by atoms with Crippen LogP contribution in [0.25, 0.3) is 11.3 Å². The summed E-state index contributed by atoms with van der Waals surface area (Å²) in [4.78, 5) is 8.82. The van der Waals surface area contributed by atoms with Gasteiger partial charge in [-0.25, -0.2) is 4.98 Å². The molecule has 8 heteroatoms. The van der Waals surface area contributed by atoms with Crippen LogP contribution in [0, 0.1) is 0 Å². The zero-order chi connectivity index (χ0) is 22.9. The molecule has 0 radical (unpaired) electrons. The summed E-state index contributed by atoms with van der Waals surface area (Å²) in [6.45, 7) is 0.881. The lowest BCUT2D eigenvalue weighted by molar-refractivity contribution is 0.0847. The predicted molar refractivity (Wildman–Crippen MR) is 124 cm³/mol. The van der Waals surface area contributed by atoms with E-state index in [1.807, 2.05) is 12.3 Å². The number of pyridine rings is 2. The molecule has 1 N–H and O–H groups in total. The van der Waals surface area contributed by atoms with Crippen LogP contribution in [0.4, 0.5) is 0 Å². The standard InChI is InChI=1S/C26H24N4O4/c31-10-9-30-15-20(13-29-30)23-11-21(7-8-27-23)33-22-12-24-26(28-14-22)34-25(16-32-24)19-5-3-18(4-6-19)17-1-2-17/h3-8,11-15,17,25,31H,1-2,9-10,16H2. The van der Waals surface area contributed by atoms with Crippen LogP contribution in [0.5, 0.6) is 23.1 Å². The number of aliphatic hydroxyl groups excluding tert-OH is 1. The molecule has 0 amide bonds. The molecule has 2 aliphatic rings. The van der Waals surface area contributed by atoms with E-state index in [0.717, 1.165) is 22.7 Å². The molecular formula is C26H24N4O4. The lowest BCUT2D eigenvalue weighted by atomic mass is 10.0. The summed E-state index contributed by atoms with van der Waals surface area (Å²) >= 11 is 0. The van der Waals surface area contributed by atoms with Crippen molar-refractivity contribution in [3.8, 4) is 34.4 Å². The molecule has 1 aromatic carbocycles. The maximum Gasteiger partial charge on any atom is 0.258 e. The average Bonchev–Trinajstić information content (AvgIpc) is 3.62. The van der Waals surface area contributed by atoms with Gasteiger partial charge >= 0.3 is 0 Å². The first-order valence-electron chi connectivity index (χ1n) is 11.4. The summed E-state index contributed by atoms with van der Waals surface area (Å²) in [5.41, 5.74) is 4.06. The number of hydrogen-bond acceptors (Lipinski definition) is 7. The Morgan fingerprint density at radius 1 is 1.00 bits per heavy atom. The fraction of sp³-hybridized carbons (Fsp3) is 0.269. The monoisotopic (exact) mass is 456 g/mol. The highest BCUT2D eigenvalue weighted by Gasteiger charge is 2.26. The summed E-state index contributed by atoms with van der Waals surface area (Å²) < 4.78 is 19.8. The van der Waals surface area contributed by atoms with Gasteiger partial charge in [0, 0.05) is 30.1 Å². The molecule has 1 fully saturated rings. The molecule has 1 atom stereocenters. The number of rotatable bonds is 7. The highest BCUT2D eigenvalue weighted by atomic mass is 16.6. The van der Waals surface area contributed by atoms with E-state index >= 15 is 0 Å². The summed E-state index contributed by atoms with van der Waals surface area (Å²) in [5, 5.41) is 13.3. The molecule has 0 bridgehead atoms. The van der Waals surface area contributed by atoms with E-state index in [1.165, 1.54) is 18.4 Å². The highest BCUT2D eigenvalue weighted by molar-refractivity contribution is 5.59. The quantitative estimate of drug-likeness (QED) is 0.437. The Hall–Kier alpha value is -3.91. The fourth-order valence-corrected chi connectivity index (χ4v) is 4.05. The van der Waals surface area contributed by atoms with Crippen LogP contribution in [0.2, 0.25) is 0 Å². The van der Waals surface area contributed by atoms with Gasteiger partial charge in [0.1, 0.15) is 18.1 Å². The third kappa shape index (κ3) is 4.32. The van der Waals surface area contributed by atoms with Crippen LogP contribution in [0.1, 0.15) is 36.0 Å². The van der Waals surface area contributed by atoms with Crippen molar-refractivity contribution < 1.29 is 19.3 Å². The Bertz CT molecular complexity index is 1300. The van der Waals surface area contributed by atoms with Crippen LogP contribution < -0.4 is 14.2 Å². The van der Waals surface area contributed by atoms with Gasteiger partial charge in [-0.05, 0) is 36.0 Å². The predicted octanol–water partition coefficient (Wildman–Crippen LogP) is 4.51. The van der Waals surface area contributed by atoms with Crippen molar-refractivity contribution in [3.63, 3.8) is 0 Å². The summed E-state index contributed by atoms with van der Waals surface area (Å²) in [7, 11) is 0. The number of aromatic nitrogens is 4. The van der Waals surface area contributed by atoms with E-state index in [4.69, 9.17) is 19.3 Å². The van der Waals surface area contributed by atoms with E-state index in [0.29, 0.717) is 36.3 Å². The van der Waals surface area contributed by atoms with Crippen molar-refractivity contribution in [3.05, 3.63) is 78.4 Å². The van der Waals surface area contributed by atoms with E-state index < -0.39 is 0 Å². The molecule has 1 unspecified atom stereocenters. The smallest absolute Gasteiger partial charge is 0.258 e. The van der Waals surface area contributed by atoms with Gasteiger partial charge in [-0.2, -0.15) is 5.10 Å². The van der Waals surface area contributed by atoms with Crippen LogP contribution in [0.15, 0.2) is 67.3 Å². The molecular weight excluding hydrogens is 432 g/mol. The first-order valence-corrected chi connectivity index (χ1v) is 11.4. The van der Waals surface area contributed by atoms with Crippen molar-refractivity contribution >= 4 is 0 Å². The minimum atomic E-state index is -0.186. The van der Waals surface area contributed by atoms with Gasteiger partial charge in [-0.1, -0.05) is 24.3 Å². The normalized spacial score (nSPS) is 16.9. The molecule has 6 rings (SSSR count). The maximum absolute atomic E-state index is 9.07. The Morgan fingerprint density at radius 2 is 1.85 bits per heavy atom. The molecule has 172 valence electrons. The van der Waals surface area contributed by atoms with Gasteiger partial charge in [-0.15, -0.1) is 0 Å². The number of ether oxygens (including phenoxy) is 3. The number of benzene rings is 1. The third-order valence-corrected chi connectivity index (χ3v) is 6.02. The molecule has 34 heavy (non-hydrogen) atoms. The van der Waals surface area contributed by atoms with Gasteiger partial charge in [-0.3, -0.25) is 9.67 Å². The minimum Gasteiger partial charge on any atom is -0.484 e. The molecule has 4 aromatic rings. The number of nitrogens with zero attached hydrogens (tertiary/aromatic N) is 4. The molecule has 8 nitrogen and oxygen atoms in total. The Kier molecular flexibility index (Phi) is 5.35. The number of aliphatic hydroxyl groups is 1. The molecule has 0 saturated heterocycles. The lowest BCUT2D eigenvalue weighted by Crippen LogP contribution is -2.22. The van der Waals surface area contributed by atoms with Crippen molar-refractivity contribution in [1.82, 2.24) is 19.7 Å². The summed E-state index contributed by atoms with van der Waals surface area (Å²) in [6.07, 6.45) is 9.25. The largest absolute Gasteiger partial charge is 0.484 e. The summed E-state index contributed by atoms with van der Waals surface area (Å²) in [5.74, 6) is 2.91. The Balaban J connectivity index is 1.15.